The van der Waals surface area contributed by atoms with Gasteiger partial charge < -0.3 is 5.32 Å². The molecule has 2 aromatic rings. The first-order valence-electron chi connectivity index (χ1n) is 4.06. The van der Waals surface area contributed by atoms with Gasteiger partial charge in [-0.1, -0.05) is 0 Å². The third-order valence-corrected chi connectivity index (χ3v) is 1.72. The zero-order valence-corrected chi connectivity index (χ0v) is 7.29. The minimum absolute atomic E-state index is 0.524. The number of carbonyl (C=O) groups is 1. The van der Waals surface area contributed by atoms with E-state index in [1.807, 2.05) is 18.3 Å². The number of nitrogens with zero attached hydrogens (tertiary/aromatic N) is 3. The Bertz CT molecular complexity index is 407. The van der Waals surface area contributed by atoms with E-state index in [1.54, 1.807) is 23.1 Å². The lowest BCUT2D eigenvalue weighted by Gasteiger charge is -2.01. The van der Waals surface area contributed by atoms with Crippen LogP contribution in [0.25, 0.3) is 5.69 Å². The van der Waals surface area contributed by atoms with Gasteiger partial charge in [0.2, 0.25) is 6.41 Å². The van der Waals surface area contributed by atoms with Crippen LogP contribution in [-0.2, 0) is 4.79 Å². The van der Waals surface area contributed by atoms with Crippen LogP contribution in [0.3, 0.4) is 0 Å². The summed E-state index contributed by atoms with van der Waals surface area (Å²) in [6.07, 6.45) is 5.75. The van der Waals surface area contributed by atoms with Crippen molar-refractivity contribution in [3.63, 3.8) is 0 Å². The Labute approximate surface area is 80.4 Å². The molecule has 0 fully saturated rings. The van der Waals surface area contributed by atoms with Crippen LogP contribution in [-0.4, -0.2) is 21.2 Å². The van der Waals surface area contributed by atoms with Gasteiger partial charge in [-0.15, -0.1) is 0 Å². The molecule has 0 aromatic carbocycles. The predicted molar refractivity (Wildman–Crippen MR) is 51.0 cm³/mol. The molecule has 1 amide bonds. The van der Waals surface area contributed by atoms with Crippen molar-refractivity contribution >= 4 is 12.2 Å². The highest BCUT2D eigenvalue weighted by Crippen LogP contribution is 2.07. The number of amides is 1. The van der Waals surface area contributed by atoms with E-state index in [1.165, 1.54) is 0 Å². The Morgan fingerprint density at radius 1 is 1.43 bits per heavy atom. The van der Waals surface area contributed by atoms with Crippen molar-refractivity contribution in [3.8, 4) is 5.69 Å². The molecule has 2 heterocycles. The Morgan fingerprint density at radius 3 is 2.93 bits per heavy atom. The summed E-state index contributed by atoms with van der Waals surface area (Å²) in [5.74, 6) is 0.524. The lowest BCUT2D eigenvalue weighted by atomic mass is 10.4. The van der Waals surface area contributed by atoms with E-state index in [-0.39, 0.29) is 0 Å². The van der Waals surface area contributed by atoms with Crippen LogP contribution in [0.2, 0.25) is 0 Å². The van der Waals surface area contributed by atoms with E-state index >= 15 is 0 Å². The van der Waals surface area contributed by atoms with Crippen LogP contribution >= 0.6 is 0 Å². The van der Waals surface area contributed by atoms with Crippen molar-refractivity contribution in [3.05, 3.63) is 36.8 Å². The van der Waals surface area contributed by atoms with Crippen molar-refractivity contribution in [1.29, 1.82) is 0 Å². The maximum absolute atomic E-state index is 10.1. The maximum atomic E-state index is 10.1. The number of hydrogen-bond donors (Lipinski definition) is 1. The summed E-state index contributed by atoms with van der Waals surface area (Å²) in [5.41, 5.74) is 0.853. The Morgan fingerprint density at radius 2 is 2.36 bits per heavy atom. The van der Waals surface area contributed by atoms with E-state index < -0.39 is 0 Å². The topological polar surface area (TPSA) is 59.8 Å². The smallest absolute Gasteiger partial charge is 0.212 e. The highest BCUT2D eigenvalue weighted by atomic mass is 16.1. The first-order valence-corrected chi connectivity index (χ1v) is 4.06. The van der Waals surface area contributed by atoms with Crippen LogP contribution in [0.15, 0.2) is 36.8 Å². The van der Waals surface area contributed by atoms with Crippen molar-refractivity contribution in [2.75, 3.05) is 5.32 Å². The van der Waals surface area contributed by atoms with E-state index in [2.05, 4.69) is 15.4 Å². The largest absolute Gasteiger partial charge is 0.313 e. The summed E-state index contributed by atoms with van der Waals surface area (Å²) in [7, 11) is 0. The van der Waals surface area contributed by atoms with Gasteiger partial charge in [0, 0.05) is 12.4 Å². The standard InChI is InChI=1S/C9H8N4O/c14-7-11-9-3-2-8(6-10-9)13-5-1-4-12-13/h1-7H,(H,10,11,14). The lowest BCUT2D eigenvalue weighted by molar-refractivity contribution is -0.105. The molecule has 0 unspecified atom stereocenters. The van der Waals surface area contributed by atoms with Crippen LogP contribution in [0.1, 0.15) is 0 Å². The molecular formula is C9H8N4O. The van der Waals surface area contributed by atoms with E-state index in [0.717, 1.165) is 5.69 Å². The van der Waals surface area contributed by atoms with Gasteiger partial charge in [0.05, 0.1) is 11.9 Å². The molecule has 0 bridgehead atoms. The fourth-order valence-corrected chi connectivity index (χ4v) is 1.09. The van der Waals surface area contributed by atoms with Crippen molar-refractivity contribution in [2.45, 2.75) is 0 Å². The van der Waals surface area contributed by atoms with Crippen LogP contribution in [0.4, 0.5) is 5.82 Å². The second-order valence-electron chi connectivity index (χ2n) is 2.61. The molecule has 0 spiro atoms. The highest BCUT2D eigenvalue weighted by Gasteiger charge is 1.96. The van der Waals surface area contributed by atoms with Gasteiger partial charge in [-0.3, -0.25) is 4.79 Å². The lowest BCUT2D eigenvalue weighted by Crippen LogP contribution is -1.99. The number of aromatic nitrogens is 3. The summed E-state index contributed by atoms with van der Waals surface area (Å²) in [4.78, 5) is 14.1. The van der Waals surface area contributed by atoms with Gasteiger partial charge in [0.1, 0.15) is 5.82 Å². The first kappa shape index (κ1) is 8.43. The van der Waals surface area contributed by atoms with Crippen LogP contribution in [0, 0.1) is 0 Å². The third-order valence-electron chi connectivity index (χ3n) is 1.72. The Kier molecular flexibility index (Phi) is 2.22. The molecule has 2 rings (SSSR count). The fraction of sp³-hybridized carbons (Fsp3) is 0. The first-order chi connectivity index (χ1) is 6.90. The van der Waals surface area contributed by atoms with Crippen LogP contribution in [0.5, 0.6) is 0 Å². The average Bonchev–Trinajstić information content (AvgIpc) is 2.72. The molecule has 0 aliphatic carbocycles. The van der Waals surface area contributed by atoms with Gasteiger partial charge in [-0.2, -0.15) is 5.10 Å². The quantitative estimate of drug-likeness (QED) is 0.726. The van der Waals surface area contributed by atoms with Crippen molar-refractivity contribution < 1.29 is 4.79 Å². The third kappa shape index (κ3) is 1.61. The minimum Gasteiger partial charge on any atom is -0.313 e. The summed E-state index contributed by atoms with van der Waals surface area (Å²) in [6.45, 7) is 0. The zero-order valence-electron chi connectivity index (χ0n) is 7.29. The van der Waals surface area contributed by atoms with Gasteiger partial charge in [-0.05, 0) is 18.2 Å². The number of carbonyl (C=O) groups excluding carboxylic acids is 1. The Hall–Kier alpha value is -2.17. The van der Waals surface area contributed by atoms with Gasteiger partial charge >= 0.3 is 0 Å². The van der Waals surface area contributed by atoms with Gasteiger partial charge in [0.25, 0.3) is 0 Å². The molecular weight excluding hydrogens is 180 g/mol. The number of pyridine rings is 1. The molecule has 0 aliphatic rings. The normalized spacial score (nSPS) is 9.71. The van der Waals surface area contributed by atoms with Gasteiger partial charge in [-0.25, -0.2) is 9.67 Å². The number of rotatable bonds is 3. The van der Waals surface area contributed by atoms with Gasteiger partial charge in [0.15, 0.2) is 0 Å². The number of anilines is 1. The highest BCUT2D eigenvalue weighted by molar-refractivity contribution is 5.68. The van der Waals surface area contributed by atoms with Crippen molar-refractivity contribution in [1.82, 2.24) is 14.8 Å². The fourth-order valence-electron chi connectivity index (χ4n) is 1.09. The average molecular weight is 188 g/mol. The summed E-state index contributed by atoms with van der Waals surface area (Å²) >= 11 is 0. The molecule has 70 valence electrons. The molecule has 2 aromatic heterocycles. The maximum Gasteiger partial charge on any atom is 0.212 e. The monoisotopic (exact) mass is 188 g/mol. The number of hydrogen-bond acceptors (Lipinski definition) is 3. The molecule has 0 atom stereocenters. The second-order valence-corrected chi connectivity index (χ2v) is 2.61. The molecule has 0 saturated carbocycles. The Balaban J connectivity index is 2.26. The van der Waals surface area contributed by atoms with E-state index in [0.29, 0.717) is 12.2 Å². The van der Waals surface area contributed by atoms with Crippen molar-refractivity contribution in [2.24, 2.45) is 0 Å². The molecule has 0 aliphatic heterocycles. The van der Waals surface area contributed by atoms with E-state index in [4.69, 9.17) is 0 Å². The molecule has 0 saturated heterocycles. The molecule has 14 heavy (non-hydrogen) atoms. The molecule has 1 N–H and O–H groups in total. The number of nitrogens with one attached hydrogen (secondary N) is 1. The predicted octanol–water partition coefficient (Wildman–Crippen LogP) is 0.836. The van der Waals surface area contributed by atoms with E-state index in [9.17, 15) is 4.79 Å². The second kappa shape index (κ2) is 3.69. The minimum atomic E-state index is 0.524. The summed E-state index contributed by atoms with van der Waals surface area (Å²) in [5, 5.41) is 6.51. The SMILES string of the molecule is O=CNc1ccc(-n2cccn2)cn1. The van der Waals surface area contributed by atoms with Crippen LogP contribution < -0.4 is 5.32 Å². The zero-order chi connectivity index (χ0) is 9.80. The molecule has 5 heteroatoms. The molecule has 0 radical (unpaired) electrons. The molecule has 5 nitrogen and oxygen atoms in total. The summed E-state index contributed by atoms with van der Waals surface area (Å²) < 4.78 is 1.69. The summed E-state index contributed by atoms with van der Waals surface area (Å²) in [6, 6.07) is 5.37.